The summed E-state index contributed by atoms with van der Waals surface area (Å²) in [7, 11) is 0. The zero-order valence-electron chi connectivity index (χ0n) is 17.3. The number of aromatic nitrogens is 2. The second kappa shape index (κ2) is 9.12. The number of fused-ring (bicyclic) bond motifs is 1. The van der Waals surface area contributed by atoms with E-state index in [2.05, 4.69) is 74.1 Å². The molecule has 0 saturated heterocycles. The third kappa shape index (κ3) is 5.03. The molecule has 0 saturated carbocycles. The van der Waals surface area contributed by atoms with Crippen LogP contribution in [0.1, 0.15) is 83.5 Å². The Balaban J connectivity index is 0.00000117. The van der Waals surface area contributed by atoms with Crippen molar-refractivity contribution in [2.45, 2.75) is 78.6 Å². The Kier molecular flexibility index (Phi) is 7.14. The van der Waals surface area contributed by atoms with Crippen LogP contribution in [0.25, 0.3) is 12.2 Å². The van der Waals surface area contributed by atoms with Crippen molar-refractivity contribution < 1.29 is 0 Å². The molecule has 0 bridgehead atoms. The minimum atomic E-state index is 0.216. The summed E-state index contributed by atoms with van der Waals surface area (Å²) in [6.07, 6.45) is 10.6. The number of aryl methyl sites for hydroxylation is 1. The van der Waals surface area contributed by atoms with Gasteiger partial charge >= 0.3 is 0 Å². The summed E-state index contributed by atoms with van der Waals surface area (Å²) >= 11 is 0. The van der Waals surface area contributed by atoms with Gasteiger partial charge in [-0.05, 0) is 48.1 Å². The second-order valence-corrected chi connectivity index (χ2v) is 7.92. The lowest BCUT2D eigenvalue weighted by atomic mass is 9.85. The molecule has 1 heterocycles. The zero-order valence-corrected chi connectivity index (χ0v) is 17.3. The van der Waals surface area contributed by atoms with E-state index in [4.69, 9.17) is 0 Å². The summed E-state index contributed by atoms with van der Waals surface area (Å²) in [5.74, 6) is 0.539. The Morgan fingerprint density at radius 1 is 0.962 bits per heavy atom. The van der Waals surface area contributed by atoms with Crippen molar-refractivity contribution in [1.29, 1.82) is 0 Å². The molecule has 1 aliphatic rings. The summed E-state index contributed by atoms with van der Waals surface area (Å²) in [5.41, 5.74) is 4.23. The summed E-state index contributed by atoms with van der Waals surface area (Å²) in [4.78, 5) is 8.94. The normalized spacial score (nSPS) is 14.2. The van der Waals surface area contributed by atoms with Crippen molar-refractivity contribution in [3.05, 3.63) is 58.0 Å². The summed E-state index contributed by atoms with van der Waals surface area (Å²) < 4.78 is 0. The van der Waals surface area contributed by atoms with Crippen molar-refractivity contribution >= 4 is 12.2 Å². The molecule has 2 aromatic rings. The van der Waals surface area contributed by atoms with Crippen LogP contribution >= 0.6 is 0 Å². The topological polar surface area (TPSA) is 25.8 Å². The molecule has 0 fully saturated rings. The molecular formula is C24H34N2. The van der Waals surface area contributed by atoms with E-state index in [1.807, 2.05) is 13.8 Å². The molecule has 0 radical (unpaired) electrons. The van der Waals surface area contributed by atoms with Crippen molar-refractivity contribution in [3.63, 3.8) is 0 Å². The second-order valence-electron chi connectivity index (χ2n) is 7.92. The molecule has 26 heavy (non-hydrogen) atoms. The maximum absolute atomic E-state index is 4.54. The fourth-order valence-corrected chi connectivity index (χ4v) is 3.31. The van der Waals surface area contributed by atoms with Gasteiger partial charge < -0.3 is 0 Å². The minimum Gasteiger partial charge on any atom is -0.241 e. The highest BCUT2D eigenvalue weighted by Gasteiger charge is 2.14. The van der Waals surface area contributed by atoms with Crippen LogP contribution in [0.15, 0.2) is 30.6 Å². The molecular weight excluding hydrogens is 316 g/mol. The number of benzene rings is 1. The molecule has 1 aromatic carbocycles. The molecule has 0 spiro atoms. The zero-order chi connectivity index (χ0) is 19.2. The smallest absolute Gasteiger partial charge is 0.116 e. The van der Waals surface area contributed by atoms with E-state index in [1.165, 1.54) is 22.0 Å². The Morgan fingerprint density at radius 2 is 1.62 bits per heavy atom. The van der Waals surface area contributed by atoms with Gasteiger partial charge in [0.05, 0.1) is 11.0 Å². The van der Waals surface area contributed by atoms with Gasteiger partial charge in [0.1, 0.15) is 6.33 Å². The molecule has 1 atom stereocenters. The quantitative estimate of drug-likeness (QED) is 0.784. The number of hydrogen-bond acceptors (Lipinski definition) is 2. The van der Waals surface area contributed by atoms with Crippen LogP contribution in [0, 0.1) is 0 Å². The molecule has 1 unspecified atom stereocenters. The Hall–Kier alpha value is -1.96. The highest BCUT2D eigenvalue weighted by Crippen LogP contribution is 2.26. The number of rotatable bonds is 4. The molecule has 0 N–H and O–H groups in total. The third-order valence-electron chi connectivity index (χ3n) is 5.01. The van der Waals surface area contributed by atoms with E-state index in [1.54, 1.807) is 6.33 Å². The van der Waals surface area contributed by atoms with Gasteiger partial charge in [-0.2, -0.15) is 0 Å². The molecule has 2 heteroatoms. The molecule has 1 aromatic heterocycles. The minimum absolute atomic E-state index is 0.216. The van der Waals surface area contributed by atoms with E-state index < -0.39 is 0 Å². The van der Waals surface area contributed by atoms with Crippen LogP contribution in [-0.2, 0) is 11.8 Å². The first-order valence-electron chi connectivity index (χ1n) is 10.1. The van der Waals surface area contributed by atoms with E-state index in [0.29, 0.717) is 5.92 Å². The van der Waals surface area contributed by atoms with Crippen molar-refractivity contribution in [1.82, 2.24) is 9.97 Å². The molecule has 140 valence electrons. The Bertz CT molecular complexity index is 811. The SMILES string of the molecule is CC.CC(CCc1ncnc2c1=CCCC=2)c1ccc(C(C)(C)C)cc1. The first-order valence-corrected chi connectivity index (χ1v) is 10.1. The first-order chi connectivity index (χ1) is 12.4. The lowest BCUT2D eigenvalue weighted by molar-refractivity contribution is 0.589. The van der Waals surface area contributed by atoms with Gasteiger partial charge in [0, 0.05) is 5.22 Å². The highest BCUT2D eigenvalue weighted by molar-refractivity contribution is 5.37. The van der Waals surface area contributed by atoms with Gasteiger partial charge in [-0.1, -0.05) is 78.0 Å². The fraction of sp³-hybridized carbons (Fsp3) is 0.500. The van der Waals surface area contributed by atoms with Crippen molar-refractivity contribution in [2.24, 2.45) is 0 Å². The van der Waals surface area contributed by atoms with Gasteiger partial charge in [0.15, 0.2) is 0 Å². The summed E-state index contributed by atoms with van der Waals surface area (Å²) in [6, 6.07) is 9.14. The largest absolute Gasteiger partial charge is 0.241 e. The average molecular weight is 351 g/mol. The number of hydrogen-bond donors (Lipinski definition) is 0. The average Bonchev–Trinajstić information content (AvgIpc) is 2.67. The van der Waals surface area contributed by atoms with Gasteiger partial charge in [0.2, 0.25) is 0 Å². The van der Waals surface area contributed by atoms with Crippen LogP contribution in [-0.4, -0.2) is 9.97 Å². The van der Waals surface area contributed by atoms with Crippen LogP contribution < -0.4 is 10.6 Å². The van der Waals surface area contributed by atoms with Gasteiger partial charge in [-0.3, -0.25) is 0 Å². The van der Waals surface area contributed by atoms with E-state index >= 15 is 0 Å². The number of nitrogens with zero attached hydrogens (tertiary/aromatic N) is 2. The Labute approximate surface area is 159 Å². The predicted molar refractivity (Wildman–Crippen MR) is 113 cm³/mol. The van der Waals surface area contributed by atoms with E-state index in [-0.39, 0.29) is 5.41 Å². The van der Waals surface area contributed by atoms with Gasteiger partial charge in [0.25, 0.3) is 0 Å². The van der Waals surface area contributed by atoms with Crippen LogP contribution in [0.4, 0.5) is 0 Å². The molecule has 2 nitrogen and oxygen atoms in total. The van der Waals surface area contributed by atoms with Crippen molar-refractivity contribution in [3.8, 4) is 0 Å². The van der Waals surface area contributed by atoms with E-state index in [0.717, 1.165) is 31.0 Å². The lowest BCUT2D eigenvalue weighted by Gasteiger charge is -2.20. The Morgan fingerprint density at radius 3 is 2.27 bits per heavy atom. The standard InChI is InChI=1S/C22H28N2.C2H6/c1-16(17-10-12-18(13-11-17)22(2,3)4)9-14-21-19-7-5-6-8-20(19)23-15-24-21;1-2/h7-8,10-13,15-16H,5-6,9,14H2,1-4H3;1-2H3. The fourth-order valence-electron chi connectivity index (χ4n) is 3.31. The van der Waals surface area contributed by atoms with Crippen LogP contribution in [0.2, 0.25) is 0 Å². The van der Waals surface area contributed by atoms with Crippen molar-refractivity contribution in [2.75, 3.05) is 0 Å². The van der Waals surface area contributed by atoms with Gasteiger partial charge in [-0.25, -0.2) is 9.97 Å². The highest BCUT2D eigenvalue weighted by atomic mass is 14.8. The molecule has 0 amide bonds. The first kappa shape index (κ1) is 20.4. The molecule has 1 aliphatic carbocycles. The molecule has 3 rings (SSSR count). The predicted octanol–water partition coefficient (Wildman–Crippen LogP) is 4.89. The van der Waals surface area contributed by atoms with Crippen LogP contribution in [0.5, 0.6) is 0 Å². The summed E-state index contributed by atoms with van der Waals surface area (Å²) in [6.45, 7) is 13.1. The van der Waals surface area contributed by atoms with Crippen LogP contribution in [0.3, 0.4) is 0 Å². The maximum atomic E-state index is 4.54. The monoisotopic (exact) mass is 350 g/mol. The van der Waals surface area contributed by atoms with Gasteiger partial charge in [-0.15, -0.1) is 0 Å². The lowest BCUT2D eigenvalue weighted by Crippen LogP contribution is -2.34. The molecule has 0 aliphatic heterocycles. The summed E-state index contributed by atoms with van der Waals surface area (Å²) in [5, 5.41) is 2.38. The van der Waals surface area contributed by atoms with E-state index in [9.17, 15) is 0 Å². The maximum Gasteiger partial charge on any atom is 0.116 e. The third-order valence-corrected chi connectivity index (χ3v) is 5.01.